The Kier molecular flexibility index (Phi) is 5.36. The Balaban J connectivity index is 1.25. The Morgan fingerprint density at radius 2 is 2.19 bits per heavy atom. The first kappa shape index (κ1) is 18.3. The fourth-order valence-electron chi connectivity index (χ4n) is 4.02. The number of nitrogens with one attached hydrogen (secondary N) is 1. The lowest BCUT2D eigenvalue weighted by atomic mass is 9.96. The monoisotopic (exact) mass is 373 g/mol. The molecule has 3 aliphatic rings. The number of likely N-dealkylation sites (tertiary alicyclic amines) is 1. The maximum Gasteiger partial charge on any atom is 0.269 e. The molecule has 4 rings (SSSR count). The van der Waals surface area contributed by atoms with E-state index >= 15 is 0 Å². The van der Waals surface area contributed by atoms with Crippen LogP contribution in [0.4, 0.5) is 0 Å². The molecule has 146 valence electrons. The molecule has 1 spiro atoms. The summed E-state index contributed by atoms with van der Waals surface area (Å²) in [6.45, 7) is 6.90. The Morgan fingerprint density at radius 1 is 1.33 bits per heavy atom. The van der Waals surface area contributed by atoms with Gasteiger partial charge in [-0.25, -0.2) is 0 Å². The molecule has 0 unspecified atom stereocenters. The van der Waals surface area contributed by atoms with E-state index in [1.807, 2.05) is 6.92 Å². The average molecular weight is 373 g/mol. The molecule has 1 aromatic rings. The number of ether oxygens (including phenoxy) is 1. The summed E-state index contributed by atoms with van der Waals surface area (Å²) < 4.78 is 5.44. The molecule has 0 aromatic carbocycles. The lowest BCUT2D eigenvalue weighted by Crippen LogP contribution is -2.38. The van der Waals surface area contributed by atoms with Gasteiger partial charge in [0.15, 0.2) is 5.60 Å². The van der Waals surface area contributed by atoms with Crippen LogP contribution in [0.25, 0.3) is 0 Å². The normalized spacial score (nSPS) is 26.2. The zero-order valence-electron chi connectivity index (χ0n) is 15.8. The van der Waals surface area contributed by atoms with Gasteiger partial charge in [-0.05, 0) is 25.7 Å². The molecule has 0 aliphatic carbocycles. The van der Waals surface area contributed by atoms with Gasteiger partial charge in [-0.1, -0.05) is 5.16 Å². The van der Waals surface area contributed by atoms with Gasteiger partial charge < -0.3 is 14.9 Å². The lowest BCUT2D eigenvalue weighted by molar-refractivity contribution is -0.115. The van der Waals surface area contributed by atoms with Crippen LogP contribution in [0.15, 0.2) is 17.5 Å². The highest BCUT2D eigenvalue weighted by Gasteiger charge is 2.46. The van der Waals surface area contributed by atoms with Gasteiger partial charge in [-0.3, -0.25) is 19.7 Å². The highest BCUT2D eigenvalue weighted by Crippen LogP contribution is 2.34. The van der Waals surface area contributed by atoms with Crippen molar-refractivity contribution in [1.82, 2.24) is 20.2 Å². The van der Waals surface area contributed by atoms with Crippen LogP contribution in [0.3, 0.4) is 0 Å². The number of rotatable bonds is 5. The summed E-state index contributed by atoms with van der Waals surface area (Å²) in [5.74, 6) is 0.520. The predicted octanol–water partition coefficient (Wildman–Crippen LogP) is 1.05. The quantitative estimate of drug-likeness (QED) is 0.830. The van der Waals surface area contributed by atoms with E-state index in [2.05, 4.69) is 25.3 Å². The van der Waals surface area contributed by atoms with Crippen LogP contribution in [-0.2, 0) is 20.9 Å². The van der Waals surface area contributed by atoms with Crippen LogP contribution in [0.1, 0.15) is 37.1 Å². The Hall–Kier alpha value is -2.06. The van der Waals surface area contributed by atoms with Gasteiger partial charge in [0.25, 0.3) is 5.91 Å². The van der Waals surface area contributed by atoms with E-state index in [1.54, 1.807) is 12.4 Å². The molecule has 1 aromatic heterocycles. The van der Waals surface area contributed by atoms with E-state index < -0.39 is 0 Å². The Morgan fingerprint density at radius 3 is 2.96 bits per heavy atom. The number of aryl methyl sites for hydroxylation is 1. The standard InChI is InChI=1S/C19H27N5O3/c1-14-9-21-16(10-20-14)11-22-18(25)17-8-19(27-23-17)4-5-24(13-19)12-15-2-6-26-7-3-15/h9-10,15H,2-8,11-13H2,1H3,(H,22,25)/t19-/m0/s1. The molecule has 0 bridgehead atoms. The third-order valence-corrected chi connectivity index (χ3v) is 5.62. The molecule has 3 aliphatic heterocycles. The van der Waals surface area contributed by atoms with Gasteiger partial charge in [0.2, 0.25) is 0 Å². The van der Waals surface area contributed by atoms with Crippen LogP contribution in [0.5, 0.6) is 0 Å². The van der Waals surface area contributed by atoms with Gasteiger partial charge in [0, 0.05) is 51.9 Å². The number of carbonyl (C=O) groups is 1. The molecular weight excluding hydrogens is 346 g/mol. The number of aromatic nitrogens is 2. The van der Waals surface area contributed by atoms with Crippen LogP contribution in [0.2, 0.25) is 0 Å². The molecule has 0 saturated carbocycles. The molecule has 2 fully saturated rings. The van der Waals surface area contributed by atoms with E-state index in [1.165, 1.54) is 0 Å². The minimum Gasteiger partial charge on any atom is -0.387 e. The first-order valence-corrected chi connectivity index (χ1v) is 9.73. The summed E-state index contributed by atoms with van der Waals surface area (Å²) in [4.78, 5) is 29.1. The van der Waals surface area contributed by atoms with Gasteiger partial charge in [0.05, 0.1) is 24.1 Å². The zero-order chi connectivity index (χ0) is 18.7. The largest absolute Gasteiger partial charge is 0.387 e. The van der Waals surface area contributed by atoms with E-state index in [9.17, 15) is 4.79 Å². The molecule has 0 radical (unpaired) electrons. The second kappa shape index (κ2) is 7.90. The number of nitrogens with zero attached hydrogens (tertiary/aromatic N) is 4. The fraction of sp³-hybridized carbons (Fsp3) is 0.684. The summed E-state index contributed by atoms with van der Waals surface area (Å²) in [6, 6.07) is 0. The SMILES string of the molecule is Cc1cnc(CNC(=O)C2=NO[C@@]3(CCN(CC4CCOCC4)C3)C2)cn1. The highest BCUT2D eigenvalue weighted by atomic mass is 16.7. The first-order chi connectivity index (χ1) is 13.1. The number of hydrogen-bond donors (Lipinski definition) is 1. The third-order valence-electron chi connectivity index (χ3n) is 5.62. The van der Waals surface area contributed by atoms with Crippen molar-refractivity contribution >= 4 is 11.6 Å². The Bertz CT molecular complexity index is 702. The summed E-state index contributed by atoms with van der Waals surface area (Å²) in [7, 11) is 0. The van der Waals surface area contributed by atoms with E-state index in [0.29, 0.717) is 24.6 Å². The van der Waals surface area contributed by atoms with E-state index in [-0.39, 0.29) is 11.5 Å². The molecule has 27 heavy (non-hydrogen) atoms. The van der Waals surface area contributed by atoms with Crippen molar-refractivity contribution in [3.63, 3.8) is 0 Å². The van der Waals surface area contributed by atoms with E-state index in [0.717, 1.165) is 63.5 Å². The molecule has 1 amide bonds. The van der Waals surface area contributed by atoms with E-state index in [4.69, 9.17) is 9.57 Å². The highest BCUT2D eigenvalue weighted by molar-refractivity contribution is 6.39. The molecular formula is C19H27N5O3. The minimum atomic E-state index is -0.332. The molecule has 1 atom stereocenters. The zero-order valence-corrected chi connectivity index (χ0v) is 15.8. The van der Waals surface area contributed by atoms with Crippen molar-refractivity contribution in [2.75, 3.05) is 32.8 Å². The fourth-order valence-corrected chi connectivity index (χ4v) is 4.02. The van der Waals surface area contributed by atoms with Gasteiger partial charge in [-0.2, -0.15) is 0 Å². The number of carbonyl (C=O) groups excluding carboxylic acids is 1. The van der Waals surface area contributed by atoms with Gasteiger partial charge in [0.1, 0.15) is 5.71 Å². The van der Waals surface area contributed by atoms with Crippen LogP contribution in [0, 0.1) is 12.8 Å². The van der Waals surface area contributed by atoms with Crippen molar-refractivity contribution in [2.24, 2.45) is 11.1 Å². The topological polar surface area (TPSA) is 88.9 Å². The maximum absolute atomic E-state index is 12.4. The maximum atomic E-state index is 12.4. The summed E-state index contributed by atoms with van der Waals surface area (Å²) in [5.41, 5.74) is 1.73. The second-order valence-corrected chi connectivity index (χ2v) is 7.86. The summed E-state index contributed by atoms with van der Waals surface area (Å²) >= 11 is 0. The van der Waals surface area contributed by atoms with Crippen molar-refractivity contribution in [2.45, 2.75) is 44.8 Å². The second-order valence-electron chi connectivity index (χ2n) is 7.86. The smallest absolute Gasteiger partial charge is 0.269 e. The van der Waals surface area contributed by atoms with Crippen molar-refractivity contribution in [1.29, 1.82) is 0 Å². The summed E-state index contributed by atoms with van der Waals surface area (Å²) in [5, 5.41) is 6.96. The number of amides is 1. The minimum absolute atomic E-state index is 0.183. The molecule has 1 N–H and O–H groups in total. The molecule has 8 heteroatoms. The van der Waals surface area contributed by atoms with Crippen molar-refractivity contribution in [3.8, 4) is 0 Å². The number of hydrogen-bond acceptors (Lipinski definition) is 7. The number of oxime groups is 1. The predicted molar refractivity (Wildman–Crippen MR) is 99.1 cm³/mol. The molecule has 4 heterocycles. The average Bonchev–Trinajstić information content (AvgIpc) is 3.29. The van der Waals surface area contributed by atoms with Gasteiger partial charge in [-0.15, -0.1) is 0 Å². The van der Waals surface area contributed by atoms with Crippen molar-refractivity contribution in [3.05, 3.63) is 23.8 Å². The first-order valence-electron chi connectivity index (χ1n) is 9.73. The van der Waals surface area contributed by atoms with Crippen LogP contribution < -0.4 is 5.32 Å². The summed E-state index contributed by atoms with van der Waals surface area (Å²) in [6.07, 6.45) is 7.13. The van der Waals surface area contributed by atoms with Gasteiger partial charge >= 0.3 is 0 Å². The van der Waals surface area contributed by atoms with Crippen molar-refractivity contribution < 1.29 is 14.4 Å². The lowest BCUT2D eigenvalue weighted by Gasteiger charge is -2.27. The molecule has 2 saturated heterocycles. The van der Waals surface area contributed by atoms with Crippen LogP contribution >= 0.6 is 0 Å². The van der Waals surface area contributed by atoms with Crippen LogP contribution in [-0.4, -0.2) is 64.9 Å². The Labute approximate surface area is 159 Å². The third kappa shape index (κ3) is 4.44. The molecule has 8 nitrogen and oxygen atoms in total.